The van der Waals surface area contributed by atoms with E-state index in [0.29, 0.717) is 6.54 Å². The molecule has 0 aliphatic carbocycles. The van der Waals surface area contributed by atoms with Crippen molar-refractivity contribution in [1.29, 1.82) is 0 Å². The van der Waals surface area contributed by atoms with Crippen LogP contribution in [0, 0.1) is 5.41 Å². The van der Waals surface area contributed by atoms with Gasteiger partial charge in [-0.3, -0.25) is 9.48 Å². The Hall–Kier alpha value is -1.36. The Kier molecular flexibility index (Phi) is 4.06. The molecule has 16 heavy (non-hydrogen) atoms. The lowest BCUT2D eigenvalue weighted by molar-refractivity contribution is -0.146. The van der Waals surface area contributed by atoms with Crippen molar-refractivity contribution in [2.75, 3.05) is 6.54 Å². The molecular formula is C11H19N3O2. The maximum atomic E-state index is 10.9. The molecule has 5 heteroatoms. The number of hydrogen-bond acceptors (Lipinski definition) is 3. The fourth-order valence-electron chi connectivity index (χ4n) is 1.26. The molecule has 1 unspecified atom stereocenters. The minimum absolute atomic E-state index is 0.193. The van der Waals surface area contributed by atoms with Gasteiger partial charge >= 0.3 is 5.97 Å². The predicted octanol–water partition coefficient (Wildman–Crippen LogP) is 0.972. The van der Waals surface area contributed by atoms with Gasteiger partial charge in [-0.2, -0.15) is 5.10 Å². The third kappa shape index (κ3) is 3.66. The third-order valence-electron chi connectivity index (χ3n) is 2.49. The van der Waals surface area contributed by atoms with Crippen LogP contribution in [0.15, 0.2) is 18.5 Å². The van der Waals surface area contributed by atoms with E-state index in [2.05, 4.69) is 10.4 Å². The van der Waals surface area contributed by atoms with Crippen molar-refractivity contribution in [2.24, 2.45) is 5.41 Å². The second-order valence-electron chi connectivity index (χ2n) is 4.70. The van der Waals surface area contributed by atoms with Gasteiger partial charge in [0.05, 0.1) is 12.0 Å². The lowest BCUT2D eigenvalue weighted by Gasteiger charge is -2.22. The summed E-state index contributed by atoms with van der Waals surface area (Å²) in [5.74, 6) is -0.786. The number of rotatable bonds is 6. The molecule has 0 fully saturated rings. The topological polar surface area (TPSA) is 67.2 Å². The Labute approximate surface area is 95.5 Å². The number of nitrogens with one attached hydrogen (secondary N) is 1. The molecule has 90 valence electrons. The monoisotopic (exact) mass is 225 g/mol. The van der Waals surface area contributed by atoms with Gasteiger partial charge in [0.15, 0.2) is 0 Å². The lowest BCUT2D eigenvalue weighted by Crippen LogP contribution is -2.41. The largest absolute Gasteiger partial charge is 0.481 e. The minimum atomic E-state index is -0.786. The van der Waals surface area contributed by atoms with Crippen LogP contribution in [-0.4, -0.2) is 33.4 Å². The van der Waals surface area contributed by atoms with Gasteiger partial charge in [0.1, 0.15) is 0 Å². The van der Waals surface area contributed by atoms with Crippen LogP contribution in [-0.2, 0) is 11.3 Å². The van der Waals surface area contributed by atoms with Gasteiger partial charge in [0, 0.05) is 25.0 Å². The van der Waals surface area contributed by atoms with Crippen molar-refractivity contribution in [3.63, 3.8) is 0 Å². The SMILES string of the molecule is CC(Cn1cccn1)NCC(C)(C)C(=O)O. The highest BCUT2D eigenvalue weighted by molar-refractivity contribution is 5.73. The Morgan fingerprint density at radius 3 is 2.81 bits per heavy atom. The van der Waals surface area contributed by atoms with Gasteiger partial charge in [-0.05, 0) is 26.8 Å². The average molecular weight is 225 g/mol. The van der Waals surface area contributed by atoms with Crippen LogP contribution in [0.2, 0.25) is 0 Å². The summed E-state index contributed by atoms with van der Waals surface area (Å²) in [6.07, 6.45) is 3.62. The summed E-state index contributed by atoms with van der Waals surface area (Å²) >= 11 is 0. The van der Waals surface area contributed by atoms with E-state index in [-0.39, 0.29) is 6.04 Å². The molecule has 0 amide bonds. The maximum Gasteiger partial charge on any atom is 0.310 e. The van der Waals surface area contributed by atoms with E-state index >= 15 is 0 Å². The molecule has 0 bridgehead atoms. The number of carboxylic acids is 1. The highest BCUT2D eigenvalue weighted by Crippen LogP contribution is 2.13. The molecule has 0 aliphatic heterocycles. The molecule has 0 spiro atoms. The number of hydrogen-bond donors (Lipinski definition) is 2. The molecule has 0 saturated carbocycles. The first-order valence-electron chi connectivity index (χ1n) is 5.36. The van der Waals surface area contributed by atoms with Crippen LogP contribution >= 0.6 is 0 Å². The Bertz CT molecular complexity index is 333. The highest BCUT2D eigenvalue weighted by Gasteiger charge is 2.27. The molecule has 1 aromatic heterocycles. The molecule has 0 radical (unpaired) electrons. The zero-order valence-corrected chi connectivity index (χ0v) is 9.97. The quantitative estimate of drug-likeness (QED) is 0.757. The fourth-order valence-corrected chi connectivity index (χ4v) is 1.26. The van der Waals surface area contributed by atoms with Crippen molar-refractivity contribution >= 4 is 5.97 Å². The van der Waals surface area contributed by atoms with Crippen LogP contribution in [0.5, 0.6) is 0 Å². The molecule has 1 rings (SSSR count). The zero-order chi connectivity index (χ0) is 12.2. The van der Waals surface area contributed by atoms with E-state index in [0.717, 1.165) is 6.54 Å². The Balaban J connectivity index is 2.35. The smallest absolute Gasteiger partial charge is 0.310 e. The molecule has 1 atom stereocenters. The molecule has 0 aliphatic rings. The molecule has 0 saturated heterocycles. The lowest BCUT2D eigenvalue weighted by atomic mass is 9.93. The van der Waals surface area contributed by atoms with E-state index < -0.39 is 11.4 Å². The predicted molar refractivity (Wildman–Crippen MR) is 61.1 cm³/mol. The van der Waals surface area contributed by atoms with Crippen LogP contribution in [0.25, 0.3) is 0 Å². The summed E-state index contributed by atoms with van der Waals surface area (Å²) in [5.41, 5.74) is -0.738. The number of aromatic nitrogens is 2. The molecule has 1 aromatic rings. The van der Waals surface area contributed by atoms with Gasteiger partial charge in [0.2, 0.25) is 0 Å². The van der Waals surface area contributed by atoms with E-state index in [1.54, 1.807) is 20.0 Å². The van der Waals surface area contributed by atoms with E-state index in [1.807, 2.05) is 23.9 Å². The standard InChI is InChI=1S/C11H19N3O2/c1-9(7-14-6-4-5-13-14)12-8-11(2,3)10(15)16/h4-6,9,12H,7-8H2,1-3H3,(H,15,16). The molecule has 2 N–H and O–H groups in total. The second-order valence-corrected chi connectivity index (χ2v) is 4.70. The van der Waals surface area contributed by atoms with Crippen LogP contribution in [0.1, 0.15) is 20.8 Å². The Morgan fingerprint density at radius 2 is 2.31 bits per heavy atom. The van der Waals surface area contributed by atoms with Crippen molar-refractivity contribution in [1.82, 2.24) is 15.1 Å². The van der Waals surface area contributed by atoms with Crippen molar-refractivity contribution in [3.8, 4) is 0 Å². The van der Waals surface area contributed by atoms with Gasteiger partial charge in [-0.15, -0.1) is 0 Å². The number of aliphatic carboxylic acids is 1. The number of carbonyl (C=O) groups is 1. The molecular weight excluding hydrogens is 206 g/mol. The van der Waals surface area contributed by atoms with Crippen LogP contribution in [0.3, 0.4) is 0 Å². The normalized spacial score (nSPS) is 13.7. The van der Waals surface area contributed by atoms with Gasteiger partial charge < -0.3 is 10.4 Å². The number of nitrogens with zero attached hydrogens (tertiary/aromatic N) is 2. The van der Waals surface area contributed by atoms with Crippen LogP contribution < -0.4 is 5.32 Å². The molecule has 0 aromatic carbocycles. The van der Waals surface area contributed by atoms with E-state index in [1.165, 1.54) is 0 Å². The highest BCUT2D eigenvalue weighted by atomic mass is 16.4. The van der Waals surface area contributed by atoms with Crippen molar-refractivity contribution < 1.29 is 9.90 Å². The average Bonchev–Trinajstić information content (AvgIpc) is 2.67. The summed E-state index contributed by atoms with van der Waals surface area (Å²) in [6.45, 7) is 6.62. The van der Waals surface area contributed by atoms with Crippen molar-refractivity contribution in [3.05, 3.63) is 18.5 Å². The van der Waals surface area contributed by atoms with Crippen molar-refractivity contribution in [2.45, 2.75) is 33.4 Å². The van der Waals surface area contributed by atoms with E-state index in [4.69, 9.17) is 5.11 Å². The maximum absolute atomic E-state index is 10.9. The summed E-state index contributed by atoms with van der Waals surface area (Å²) in [6, 6.07) is 2.06. The first-order chi connectivity index (χ1) is 7.42. The first-order valence-corrected chi connectivity index (χ1v) is 5.36. The minimum Gasteiger partial charge on any atom is -0.481 e. The van der Waals surface area contributed by atoms with Gasteiger partial charge in [0.25, 0.3) is 0 Å². The van der Waals surface area contributed by atoms with Gasteiger partial charge in [-0.1, -0.05) is 0 Å². The molecule has 1 heterocycles. The van der Waals surface area contributed by atoms with Gasteiger partial charge in [-0.25, -0.2) is 0 Å². The summed E-state index contributed by atoms with van der Waals surface area (Å²) in [4.78, 5) is 10.9. The Morgan fingerprint density at radius 1 is 1.62 bits per heavy atom. The summed E-state index contributed by atoms with van der Waals surface area (Å²) in [7, 11) is 0. The second kappa shape index (κ2) is 5.12. The zero-order valence-electron chi connectivity index (χ0n) is 9.97. The van der Waals surface area contributed by atoms with Crippen LogP contribution in [0.4, 0.5) is 0 Å². The molecule has 5 nitrogen and oxygen atoms in total. The summed E-state index contributed by atoms with van der Waals surface area (Å²) < 4.78 is 1.82. The first kappa shape index (κ1) is 12.7. The fraction of sp³-hybridized carbons (Fsp3) is 0.636. The summed E-state index contributed by atoms with van der Waals surface area (Å²) in [5, 5.41) is 16.3. The third-order valence-corrected chi connectivity index (χ3v) is 2.49. The van der Waals surface area contributed by atoms with E-state index in [9.17, 15) is 4.79 Å². The number of carboxylic acid groups (broad SMARTS) is 1.